The Morgan fingerprint density at radius 3 is 2.33 bits per heavy atom. The molecule has 132 valence electrons. The summed E-state index contributed by atoms with van der Waals surface area (Å²) in [6, 6.07) is 8.39. The van der Waals surface area contributed by atoms with Crippen molar-refractivity contribution < 1.29 is 22.6 Å². The van der Waals surface area contributed by atoms with Crippen LogP contribution in [0.3, 0.4) is 0 Å². The lowest BCUT2D eigenvalue weighted by atomic mass is 10.3. The van der Waals surface area contributed by atoms with Gasteiger partial charge in [0.15, 0.2) is 11.5 Å². The van der Waals surface area contributed by atoms with E-state index in [9.17, 15) is 8.42 Å². The van der Waals surface area contributed by atoms with Gasteiger partial charge in [0, 0.05) is 29.5 Å². The molecular formula is C16H21NO5S2. The molecule has 8 heteroatoms. The van der Waals surface area contributed by atoms with Gasteiger partial charge in [-0.3, -0.25) is 0 Å². The maximum absolute atomic E-state index is 12.5. The van der Waals surface area contributed by atoms with Gasteiger partial charge in [0.1, 0.15) is 6.10 Å². The van der Waals surface area contributed by atoms with E-state index in [-0.39, 0.29) is 17.5 Å². The Balaban J connectivity index is 2.16. The van der Waals surface area contributed by atoms with Crippen molar-refractivity contribution in [2.24, 2.45) is 0 Å². The standard InChI is InChI=1S/C16H21NO5S2/c1-11-5-8-16(23-11)15(22-4)10-17-24(18,19)12-6-7-13(20-2)14(9-12)21-3/h5-9,15,17H,10H2,1-4H3. The van der Waals surface area contributed by atoms with Gasteiger partial charge in [-0.05, 0) is 31.2 Å². The van der Waals surface area contributed by atoms with E-state index in [0.717, 1.165) is 9.75 Å². The highest BCUT2D eigenvalue weighted by Crippen LogP contribution is 2.30. The molecule has 0 aliphatic heterocycles. The zero-order valence-corrected chi connectivity index (χ0v) is 15.7. The van der Waals surface area contributed by atoms with Gasteiger partial charge in [0.2, 0.25) is 10.0 Å². The van der Waals surface area contributed by atoms with Crippen molar-refractivity contribution in [3.8, 4) is 11.5 Å². The molecule has 1 atom stereocenters. The van der Waals surface area contributed by atoms with Crippen LogP contribution in [0.1, 0.15) is 15.9 Å². The predicted octanol–water partition coefficient (Wildman–Crippen LogP) is 2.74. The smallest absolute Gasteiger partial charge is 0.240 e. The minimum Gasteiger partial charge on any atom is -0.493 e. The third kappa shape index (κ3) is 4.27. The van der Waals surface area contributed by atoms with Gasteiger partial charge in [-0.1, -0.05) is 0 Å². The number of thiophene rings is 1. The zero-order chi connectivity index (χ0) is 17.7. The summed E-state index contributed by atoms with van der Waals surface area (Å²) in [4.78, 5) is 2.23. The first-order valence-corrected chi connectivity index (χ1v) is 9.52. The van der Waals surface area contributed by atoms with Crippen molar-refractivity contribution in [1.29, 1.82) is 0 Å². The Morgan fingerprint density at radius 2 is 1.79 bits per heavy atom. The Labute approximate surface area is 146 Å². The molecule has 6 nitrogen and oxygen atoms in total. The first kappa shape index (κ1) is 18.7. The molecule has 0 spiro atoms. The normalized spacial score (nSPS) is 12.8. The van der Waals surface area contributed by atoms with E-state index < -0.39 is 10.0 Å². The molecule has 0 aliphatic carbocycles. The molecule has 1 aromatic heterocycles. The van der Waals surface area contributed by atoms with Crippen molar-refractivity contribution in [1.82, 2.24) is 4.72 Å². The number of ether oxygens (including phenoxy) is 3. The molecule has 0 fully saturated rings. The van der Waals surface area contributed by atoms with Crippen LogP contribution < -0.4 is 14.2 Å². The van der Waals surface area contributed by atoms with Crippen LogP contribution in [0.2, 0.25) is 0 Å². The molecule has 0 bridgehead atoms. The summed E-state index contributed by atoms with van der Waals surface area (Å²) in [5.41, 5.74) is 0. The maximum atomic E-state index is 12.5. The summed E-state index contributed by atoms with van der Waals surface area (Å²) in [5, 5.41) is 0. The quantitative estimate of drug-likeness (QED) is 0.772. The molecule has 2 rings (SSSR count). The fourth-order valence-corrected chi connectivity index (χ4v) is 4.18. The highest BCUT2D eigenvalue weighted by Gasteiger charge is 2.20. The molecular weight excluding hydrogens is 350 g/mol. The third-order valence-electron chi connectivity index (χ3n) is 3.49. The summed E-state index contributed by atoms with van der Waals surface area (Å²) in [7, 11) is 0.831. The van der Waals surface area contributed by atoms with Crippen LogP contribution >= 0.6 is 11.3 Å². The lowest BCUT2D eigenvalue weighted by molar-refractivity contribution is 0.110. The van der Waals surface area contributed by atoms with Crippen molar-refractivity contribution >= 4 is 21.4 Å². The van der Waals surface area contributed by atoms with Gasteiger partial charge in [0.25, 0.3) is 0 Å². The minimum absolute atomic E-state index is 0.109. The van der Waals surface area contributed by atoms with Crippen molar-refractivity contribution in [2.75, 3.05) is 27.9 Å². The molecule has 24 heavy (non-hydrogen) atoms. The van der Waals surface area contributed by atoms with Crippen LogP contribution in [0, 0.1) is 6.92 Å². The lowest BCUT2D eigenvalue weighted by Crippen LogP contribution is -2.29. The highest BCUT2D eigenvalue weighted by atomic mass is 32.2. The molecule has 0 saturated heterocycles. The molecule has 2 aromatic rings. The molecule has 0 aliphatic rings. The summed E-state index contributed by atoms with van der Waals surface area (Å²) < 4.78 is 43.2. The molecule has 0 amide bonds. The van der Waals surface area contributed by atoms with E-state index in [1.54, 1.807) is 24.5 Å². The van der Waals surface area contributed by atoms with E-state index in [0.29, 0.717) is 11.5 Å². The van der Waals surface area contributed by atoms with Gasteiger partial charge in [-0.15, -0.1) is 11.3 Å². The predicted molar refractivity (Wildman–Crippen MR) is 93.5 cm³/mol. The summed E-state index contributed by atoms with van der Waals surface area (Å²) in [6.07, 6.45) is -0.335. The molecule has 1 unspecified atom stereocenters. The fraction of sp³-hybridized carbons (Fsp3) is 0.375. The number of sulfonamides is 1. The first-order valence-electron chi connectivity index (χ1n) is 7.22. The second kappa shape index (κ2) is 7.98. The first-order chi connectivity index (χ1) is 11.4. The average molecular weight is 371 g/mol. The average Bonchev–Trinajstić information content (AvgIpc) is 3.00. The second-order valence-corrected chi connectivity index (χ2v) is 8.13. The number of methoxy groups -OCH3 is 3. The Kier molecular flexibility index (Phi) is 6.22. The topological polar surface area (TPSA) is 73.9 Å². The zero-order valence-electron chi connectivity index (χ0n) is 14.0. The number of hydrogen-bond acceptors (Lipinski definition) is 6. The maximum Gasteiger partial charge on any atom is 0.240 e. The minimum atomic E-state index is -3.69. The van der Waals surface area contributed by atoms with E-state index in [1.807, 2.05) is 19.1 Å². The number of nitrogens with one attached hydrogen (secondary N) is 1. The molecule has 0 saturated carbocycles. The van der Waals surface area contributed by atoms with Crippen LogP contribution in [-0.2, 0) is 14.8 Å². The van der Waals surface area contributed by atoms with Crippen molar-refractivity contribution in [3.63, 3.8) is 0 Å². The Bertz CT molecular complexity index is 786. The number of aryl methyl sites for hydroxylation is 1. The van der Waals surface area contributed by atoms with E-state index in [1.165, 1.54) is 26.4 Å². The van der Waals surface area contributed by atoms with Crippen LogP contribution in [0.15, 0.2) is 35.2 Å². The van der Waals surface area contributed by atoms with Gasteiger partial charge in [-0.25, -0.2) is 13.1 Å². The number of benzene rings is 1. The Morgan fingerprint density at radius 1 is 1.08 bits per heavy atom. The van der Waals surface area contributed by atoms with Crippen molar-refractivity contribution in [3.05, 3.63) is 40.1 Å². The fourth-order valence-electron chi connectivity index (χ4n) is 2.18. The molecule has 0 radical (unpaired) electrons. The second-order valence-electron chi connectivity index (χ2n) is 5.04. The van der Waals surface area contributed by atoms with Crippen molar-refractivity contribution in [2.45, 2.75) is 17.9 Å². The summed E-state index contributed by atoms with van der Waals surface area (Å²) >= 11 is 1.58. The number of rotatable bonds is 8. The summed E-state index contributed by atoms with van der Waals surface area (Å²) in [5.74, 6) is 0.831. The van der Waals surface area contributed by atoms with E-state index in [4.69, 9.17) is 14.2 Å². The van der Waals surface area contributed by atoms with Crippen LogP contribution in [-0.4, -0.2) is 36.3 Å². The van der Waals surface area contributed by atoms with Crippen LogP contribution in [0.4, 0.5) is 0 Å². The van der Waals surface area contributed by atoms with Gasteiger partial charge < -0.3 is 14.2 Å². The largest absolute Gasteiger partial charge is 0.493 e. The van der Waals surface area contributed by atoms with Gasteiger partial charge >= 0.3 is 0 Å². The molecule has 1 heterocycles. The number of hydrogen-bond donors (Lipinski definition) is 1. The van der Waals surface area contributed by atoms with E-state index >= 15 is 0 Å². The van der Waals surface area contributed by atoms with E-state index in [2.05, 4.69) is 4.72 Å². The lowest BCUT2D eigenvalue weighted by Gasteiger charge is -2.15. The van der Waals surface area contributed by atoms with Gasteiger partial charge in [-0.2, -0.15) is 0 Å². The summed E-state index contributed by atoms with van der Waals surface area (Å²) in [6.45, 7) is 2.14. The molecule has 1 aromatic carbocycles. The SMILES string of the molecule is COc1ccc(S(=O)(=O)NCC(OC)c2ccc(C)s2)cc1OC. The van der Waals surface area contributed by atoms with Gasteiger partial charge in [0.05, 0.1) is 19.1 Å². The monoisotopic (exact) mass is 371 g/mol. The Hall–Kier alpha value is -1.61. The van der Waals surface area contributed by atoms with Crippen LogP contribution in [0.25, 0.3) is 0 Å². The highest BCUT2D eigenvalue weighted by molar-refractivity contribution is 7.89. The van der Waals surface area contributed by atoms with Crippen LogP contribution in [0.5, 0.6) is 11.5 Å². The third-order valence-corrected chi connectivity index (χ3v) is 6.00. The molecule has 1 N–H and O–H groups in total.